The fraction of sp³-hybridized carbons (Fsp3) is 0.350. The van der Waals surface area contributed by atoms with Gasteiger partial charge in [0.05, 0.1) is 35.1 Å². The van der Waals surface area contributed by atoms with Gasteiger partial charge >= 0.3 is 0 Å². The van der Waals surface area contributed by atoms with E-state index in [4.69, 9.17) is 5.73 Å². The molecule has 3 aromatic rings. The first-order valence-electron chi connectivity index (χ1n) is 9.67. The van der Waals surface area contributed by atoms with Gasteiger partial charge < -0.3 is 11.1 Å². The molecule has 3 N–H and O–H groups in total. The molecule has 1 aliphatic rings. The van der Waals surface area contributed by atoms with Crippen molar-refractivity contribution < 1.29 is 17.2 Å². The summed E-state index contributed by atoms with van der Waals surface area (Å²) in [7, 11) is -3.89. The Bertz CT molecular complexity index is 1160. The number of hydrogen-bond acceptors (Lipinski definition) is 6. The molecule has 2 aromatic heterocycles. The number of halogens is 2. The molecule has 1 unspecified atom stereocenters. The van der Waals surface area contributed by atoms with Crippen molar-refractivity contribution in [3.05, 3.63) is 48.8 Å². The number of hydrogen-bond donors (Lipinski definition) is 2. The molecule has 4 rings (SSSR count). The Morgan fingerprint density at radius 2 is 2.00 bits per heavy atom. The monoisotopic (exact) mass is 435 g/mol. The molecule has 0 aliphatic carbocycles. The Morgan fingerprint density at radius 3 is 2.67 bits per heavy atom. The summed E-state index contributed by atoms with van der Waals surface area (Å²) in [6.45, 7) is 2.62. The van der Waals surface area contributed by atoms with E-state index in [0.29, 0.717) is 18.5 Å². The van der Waals surface area contributed by atoms with Gasteiger partial charge in [0.2, 0.25) is 0 Å². The SMILES string of the molecule is CCN1CCC(Nc2c(N)cnc3c2ccn3S(=O)(=O)c2ccccc2)C(F)(F)C1. The lowest BCUT2D eigenvalue weighted by Gasteiger charge is -2.38. The predicted molar refractivity (Wildman–Crippen MR) is 112 cm³/mol. The fourth-order valence-electron chi connectivity index (χ4n) is 3.77. The lowest BCUT2D eigenvalue weighted by molar-refractivity contribution is -0.0724. The highest BCUT2D eigenvalue weighted by molar-refractivity contribution is 7.90. The standard InChI is InChI=1S/C20H23F2N5O2S/c1-2-26-10-9-17(20(21,22)13-26)25-18-15-8-11-27(19(15)24-12-16(18)23)30(28,29)14-6-4-3-5-7-14/h3-8,11-12,17H,2,9-10,13,23H2,1H3,(H,24,25). The molecular formula is C20H23F2N5O2S. The van der Waals surface area contributed by atoms with E-state index in [1.54, 1.807) is 23.1 Å². The van der Waals surface area contributed by atoms with Crippen LogP contribution in [0.5, 0.6) is 0 Å². The Labute approximate surface area is 173 Å². The zero-order valence-electron chi connectivity index (χ0n) is 16.4. The summed E-state index contributed by atoms with van der Waals surface area (Å²) in [6, 6.07) is 8.36. The number of nitrogens with zero attached hydrogens (tertiary/aromatic N) is 3. The highest BCUT2D eigenvalue weighted by Gasteiger charge is 2.44. The van der Waals surface area contributed by atoms with E-state index in [-0.39, 0.29) is 34.9 Å². The van der Waals surface area contributed by atoms with E-state index >= 15 is 0 Å². The van der Waals surface area contributed by atoms with Crippen molar-refractivity contribution in [2.24, 2.45) is 0 Å². The van der Waals surface area contributed by atoms with Crippen molar-refractivity contribution >= 4 is 32.4 Å². The molecule has 1 fully saturated rings. The third-order valence-corrected chi connectivity index (χ3v) is 7.13. The van der Waals surface area contributed by atoms with Crippen LogP contribution in [0.4, 0.5) is 20.2 Å². The molecule has 160 valence electrons. The number of benzene rings is 1. The molecule has 30 heavy (non-hydrogen) atoms. The second-order valence-electron chi connectivity index (χ2n) is 7.37. The number of alkyl halides is 2. The van der Waals surface area contributed by atoms with Crippen molar-refractivity contribution in [2.45, 2.75) is 30.2 Å². The third kappa shape index (κ3) is 3.50. The van der Waals surface area contributed by atoms with Crippen LogP contribution in [0, 0.1) is 0 Å². The Kier molecular flexibility index (Phi) is 5.15. The molecule has 1 saturated heterocycles. The largest absolute Gasteiger partial charge is 0.396 e. The highest BCUT2D eigenvalue weighted by Crippen LogP contribution is 2.35. The third-order valence-electron chi connectivity index (χ3n) is 5.45. The highest BCUT2D eigenvalue weighted by atomic mass is 32.2. The zero-order chi connectivity index (χ0) is 21.5. The van der Waals surface area contributed by atoms with Gasteiger partial charge in [0.25, 0.3) is 15.9 Å². The number of likely N-dealkylation sites (tertiary alicyclic amines) is 1. The molecular weight excluding hydrogens is 412 g/mol. The van der Waals surface area contributed by atoms with Crippen LogP contribution in [0.15, 0.2) is 53.7 Å². The maximum absolute atomic E-state index is 14.7. The molecule has 0 amide bonds. The van der Waals surface area contributed by atoms with Gasteiger partial charge in [-0.1, -0.05) is 25.1 Å². The van der Waals surface area contributed by atoms with Crippen LogP contribution < -0.4 is 11.1 Å². The van der Waals surface area contributed by atoms with Gasteiger partial charge in [-0.2, -0.15) is 0 Å². The number of aromatic nitrogens is 2. The summed E-state index contributed by atoms with van der Waals surface area (Å²) >= 11 is 0. The van der Waals surface area contributed by atoms with E-state index in [0.717, 1.165) is 3.97 Å². The summed E-state index contributed by atoms with van der Waals surface area (Å²) in [5, 5.41) is 3.26. The zero-order valence-corrected chi connectivity index (χ0v) is 17.2. The second-order valence-corrected chi connectivity index (χ2v) is 9.19. The first-order chi connectivity index (χ1) is 14.2. The average molecular weight is 436 g/mol. The number of anilines is 2. The maximum atomic E-state index is 14.7. The van der Waals surface area contributed by atoms with Crippen molar-refractivity contribution in [3.8, 4) is 0 Å². The van der Waals surface area contributed by atoms with Crippen LogP contribution in [0.3, 0.4) is 0 Å². The van der Waals surface area contributed by atoms with Gasteiger partial charge in [-0.25, -0.2) is 26.2 Å². The molecule has 1 aromatic carbocycles. The Morgan fingerprint density at radius 1 is 1.27 bits per heavy atom. The van der Waals surface area contributed by atoms with Crippen molar-refractivity contribution in [3.63, 3.8) is 0 Å². The van der Waals surface area contributed by atoms with Crippen LogP contribution in [0.2, 0.25) is 0 Å². The van der Waals surface area contributed by atoms with Gasteiger partial charge in [0, 0.05) is 18.1 Å². The number of pyridine rings is 1. The molecule has 0 saturated carbocycles. The number of nitrogens with one attached hydrogen (secondary N) is 1. The van der Waals surface area contributed by atoms with Crippen LogP contribution in [-0.2, 0) is 10.0 Å². The molecule has 7 nitrogen and oxygen atoms in total. The van der Waals surface area contributed by atoms with E-state index in [2.05, 4.69) is 10.3 Å². The summed E-state index contributed by atoms with van der Waals surface area (Å²) < 4.78 is 56.4. The average Bonchev–Trinajstić information content (AvgIpc) is 3.16. The number of rotatable bonds is 5. The minimum absolute atomic E-state index is 0.106. The van der Waals surface area contributed by atoms with Crippen molar-refractivity contribution in [2.75, 3.05) is 30.7 Å². The maximum Gasteiger partial charge on any atom is 0.280 e. The van der Waals surface area contributed by atoms with Crippen LogP contribution >= 0.6 is 0 Å². The van der Waals surface area contributed by atoms with E-state index in [9.17, 15) is 17.2 Å². The first-order valence-corrected chi connectivity index (χ1v) is 11.1. The minimum atomic E-state index is -3.89. The Balaban J connectivity index is 1.74. The minimum Gasteiger partial charge on any atom is -0.396 e. The summed E-state index contributed by atoms with van der Waals surface area (Å²) in [4.78, 5) is 5.98. The van der Waals surface area contributed by atoms with Gasteiger partial charge in [0.1, 0.15) is 0 Å². The lowest BCUT2D eigenvalue weighted by atomic mass is 10.00. The van der Waals surface area contributed by atoms with E-state index in [1.165, 1.54) is 30.6 Å². The topological polar surface area (TPSA) is 93.2 Å². The Hall–Kier alpha value is -2.72. The lowest BCUT2D eigenvalue weighted by Crippen LogP contribution is -2.54. The molecule has 0 radical (unpaired) electrons. The molecule has 3 heterocycles. The normalized spacial score (nSPS) is 19.8. The second kappa shape index (κ2) is 7.51. The smallest absolute Gasteiger partial charge is 0.280 e. The van der Waals surface area contributed by atoms with Gasteiger partial charge in [-0.05, 0) is 31.2 Å². The number of nitrogens with two attached hydrogens (primary N) is 1. The molecule has 1 aliphatic heterocycles. The molecule has 1 atom stereocenters. The van der Waals surface area contributed by atoms with E-state index in [1.807, 2.05) is 6.92 Å². The van der Waals surface area contributed by atoms with Gasteiger partial charge in [0.15, 0.2) is 5.65 Å². The number of piperidine rings is 1. The van der Waals surface area contributed by atoms with Gasteiger partial charge in [-0.15, -0.1) is 0 Å². The molecule has 0 spiro atoms. The van der Waals surface area contributed by atoms with Crippen LogP contribution in [0.25, 0.3) is 11.0 Å². The summed E-state index contributed by atoms with van der Waals surface area (Å²) in [5.74, 6) is -2.95. The summed E-state index contributed by atoms with van der Waals surface area (Å²) in [5.41, 5.74) is 6.63. The fourth-order valence-corrected chi connectivity index (χ4v) is 5.09. The van der Waals surface area contributed by atoms with Crippen molar-refractivity contribution in [1.29, 1.82) is 0 Å². The molecule has 0 bridgehead atoms. The van der Waals surface area contributed by atoms with Crippen LogP contribution in [-0.4, -0.2) is 53.9 Å². The first kappa shape index (κ1) is 20.5. The summed E-state index contributed by atoms with van der Waals surface area (Å²) in [6.07, 6.45) is 2.90. The van der Waals surface area contributed by atoms with E-state index < -0.39 is 22.0 Å². The molecule has 10 heteroatoms. The number of nitrogen functional groups attached to an aromatic ring is 1. The number of fused-ring (bicyclic) bond motifs is 1. The van der Waals surface area contributed by atoms with Crippen LogP contribution in [0.1, 0.15) is 13.3 Å². The van der Waals surface area contributed by atoms with Crippen molar-refractivity contribution in [1.82, 2.24) is 13.9 Å². The quantitative estimate of drug-likeness (QED) is 0.640. The van der Waals surface area contributed by atoms with Gasteiger partial charge in [-0.3, -0.25) is 4.90 Å². The predicted octanol–water partition coefficient (Wildman–Crippen LogP) is 3.00.